The van der Waals surface area contributed by atoms with E-state index in [9.17, 15) is 18.0 Å². The highest BCUT2D eigenvalue weighted by Gasteiger charge is 2.40. The lowest BCUT2D eigenvalue weighted by Gasteiger charge is -2.39. The maximum absolute atomic E-state index is 13.3. The molecule has 4 heterocycles. The lowest BCUT2D eigenvalue weighted by atomic mass is 9.96. The van der Waals surface area contributed by atoms with E-state index in [1.54, 1.807) is 14.9 Å². The van der Waals surface area contributed by atoms with Crippen molar-refractivity contribution in [3.63, 3.8) is 0 Å². The number of nitrogens with one attached hydrogen (secondary N) is 1. The number of unbranched alkanes of at least 4 members (excludes halogenated alkanes) is 1. The number of fused-ring (bicyclic) bond motifs is 3. The van der Waals surface area contributed by atoms with Gasteiger partial charge in [-0.05, 0) is 83.0 Å². The number of amides is 1. The Hall–Kier alpha value is -2.27. The zero-order chi connectivity index (χ0) is 27.7. The number of nitrogens with zero attached hydrogens (tertiary/aromatic N) is 4. The second-order valence-corrected chi connectivity index (χ2v) is 13.8. The smallest absolute Gasteiger partial charge is 0.264 e. The van der Waals surface area contributed by atoms with Crippen LogP contribution in [-0.4, -0.2) is 96.6 Å². The summed E-state index contributed by atoms with van der Waals surface area (Å²) in [6, 6.07) is 10.5. The predicted molar refractivity (Wildman–Crippen MR) is 155 cm³/mol. The molecule has 1 aromatic heterocycles. The molecule has 0 radical (unpaired) electrons. The maximum atomic E-state index is 13.3. The molecule has 39 heavy (non-hydrogen) atoms. The summed E-state index contributed by atoms with van der Waals surface area (Å²) in [6.07, 6.45) is 7.73. The number of sulfonamides is 1. The summed E-state index contributed by atoms with van der Waals surface area (Å²) in [5.41, 5.74) is 0.866. The largest absolute Gasteiger partial charge is 0.349 e. The van der Waals surface area contributed by atoms with Crippen molar-refractivity contribution in [2.75, 3.05) is 45.5 Å². The first-order valence-corrected chi connectivity index (χ1v) is 16.3. The Labute approximate surface area is 232 Å². The van der Waals surface area contributed by atoms with Gasteiger partial charge in [-0.3, -0.25) is 14.5 Å². The Morgan fingerprint density at radius 2 is 1.64 bits per heavy atom. The fraction of sp³-hybridized carbons (Fsp3) is 0.655. The average molecular weight is 558 g/mol. The van der Waals surface area contributed by atoms with Crippen molar-refractivity contribution in [3.05, 3.63) is 46.2 Å². The van der Waals surface area contributed by atoms with Gasteiger partial charge in [0.05, 0.1) is 11.8 Å². The monoisotopic (exact) mass is 557 g/mol. The number of benzene rings is 1. The molecule has 0 saturated carbocycles. The van der Waals surface area contributed by atoms with Crippen molar-refractivity contribution in [1.82, 2.24) is 24.0 Å². The van der Waals surface area contributed by atoms with Crippen LogP contribution in [-0.2, 0) is 10.0 Å². The third kappa shape index (κ3) is 6.24. The van der Waals surface area contributed by atoms with Crippen molar-refractivity contribution in [2.45, 2.75) is 76.5 Å². The van der Waals surface area contributed by atoms with Crippen molar-refractivity contribution < 1.29 is 13.2 Å². The van der Waals surface area contributed by atoms with Crippen LogP contribution >= 0.6 is 0 Å². The average Bonchev–Trinajstić information content (AvgIpc) is 3.13. The van der Waals surface area contributed by atoms with Gasteiger partial charge in [-0.15, -0.1) is 0 Å². The van der Waals surface area contributed by atoms with Gasteiger partial charge >= 0.3 is 0 Å². The Morgan fingerprint density at radius 1 is 1.00 bits per heavy atom. The fourth-order valence-corrected chi connectivity index (χ4v) is 7.72. The predicted octanol–water partition coefficient (Wildman–Crippen LogP) is 2.67. The van der Waals surface area contributed by atoms with Crippen LogP contribution in [0.4, 0.5) is 0 Å². The van der Waals surface area contributed by atoms with Crippen molar-refractivity contribution >= 4 is 26.8 Å². The van der Waals surface area contributed by atoms with Crippen LogP contribution < -0.4 is 10.9 Å². The van der Waals surface area contributed by atoms with Gasteiger partial charge in [0.2, 0.25) is 10.0 Å². The van der Waals surface area contributed by atoms with E-state index < -0.39 is 10.0 Å². The van der Waals surface area contributed by atoms with Gasteiger partial charge in [0.25, 0.3) is 11.5 Å². The van der Waals surface area contributed by atoms with E-state index in [1.165, 1.54) is 19.1 Å². The molecule has 9 nitrogen and oxygen atoms in total. The minimum absolute atomic E-state index is 0.0358. The molecule has 10 heteroatoms. The first-order valence-electron chi connectivity index (χ1n) is 14.5. The summed E-state index contributed by atoms with van der Waals surface area (Å²) in [6.45, 7) is 8.83. The summed E-state index contributed by atoms with van der Waals surface area (Å²) in [5.74, 6) is -0.256. The molecule has 2 aromatic rings. The number of piperidine rings is 1. The summed E-state index contributed by atoms with van der Waals surface area (Å²) < 4.78 is 26.7. The number of para-hydroxylation sites is 1. The Balaban J connectivity index is 1.12. The fourth-order valence-electron chi connectivity index (χ4n) is 6.90. The molecule has 214 valence electrons. The van der Waals surface area contributed by atoms with Gasteiger partial charge in [-0.1, -0.05) is 18.2 Å². The molecule has 3 atom stereocenters. The summed E-state index contributed by atoms with van der Waals surface area (Å²) in [7, 11) is -3.08. The van der Waals surface area contributed by atoms with Crippen LogP contribution in [0.3, 0.4) is 0 Å². The lowest BCUT2D eigenvalue weighted by Crippen LogP contribution is -2.51. The van der Waals surface area contributed by atoms with Crippen LogP contribution in [0.25, 0.3) is 10.9 Å². The minimum atomic E-state index is -3.08. The molecule has 1 N–H and O–H groups in total. The van der Waals surface area contributed by atoms with E-state index in [2.05, 4.69) is 15.1 Å². The molecular formula is C29H43N5O4S. The van der Waals surface area contributed by atoms with Gasteiger partial charge in [0.1, 0.15) is 5.56 Å². The van der Waals surface area contributed by atoms with E-state index >= 15 is 0 Å². The summed E-state index contributed by atoms with van der Waals surface area (Å²) >= 11 is 0. The zero-order valence-electron chi connectivity index (χ0n) is 23.5. The highest BCUT2D eigenvalue weighted by Crippen LogP contribution is 2.36. The second-order valence-electron chi connectivity index (χ2n) is 11.9. The Morgan fingerprint density at radius 3 is 2.28 bits per heavy atom. The van der Waals surface area contributed by atoms with Crippen LogP contribution in [0.1, 0.15) is 68.8 Å². The molecule has 3 fully saturated rings. The lowest BCUT2D eigenvalue weighted by molar-refractivity contribution is 0.0836. The van der Waals surface area contributed by atoms with E-state index in [-0.39, 0.29) is 29.1 Å². The van der Waals surface area contributed by atoms with Crippen molar-refractivity contribution in [2.24, 2.45) is 0 Å². The van der Waals surface area contributed by atoms with E-state index in [4.69, 9.17) is 0 Å². The highest BCUT2D eigenvalue weighted by atomic mass is 32.2. The van der Waals surface area contributed by atoms with Crippen LogP contribution in [0, 0.1) is 0 Å². The number of rotatable bonds is 9. The molecule has 1 unspecified atom stereocenters. The van der Waals surface area contributed by atoms with E-state index in [1.807, 2.05) is 38.1 Å². The Kier molecular flexibility index (Phi) is 8.47. The number of piperazine rings is 1. The maximum Gasteiger partial charge on any atom is 0.264 e. The van der Waals surface area contributed by atoms with Crippen molar-refractivity contribution in [3.8, 4) is 0 Å². The van der Waals surface area contributed by atoms with Gasteiger partial charge < -0.3 is 14.8 Å². The third-order valence-electron chi connectivity index (χ3n) is 8.87. The number of hydrogen-bond acceptors (Lipinski definition) is 6. The van der Waals surface area contributed by atoms with E-state index in [0.717, 1.165) is 62.8 Å². The molecule has 0 aliphatic carbocycles. The summed E-state index contributed by atoms with van der Waals surface area (Å²) in [5, 5.41) is 4.13. The van der Waals surface area contributed by atoms with Gasteiger partial charge in [-0.25, -0.2) is 8.42 Å². The van der Waals surface area contributed by atoms with E-state index in [0.29, 0.717) is 25.2 Å². The molecular weight excluding hydrogens is 514 g/mol. The van der Waals surface area contributed by atoms with Crippen LogP contribution in [0.15, 0.2) is 35.1 Å². The Bertz CT molecular complexity index is 1340. The molecule has 3 saturated heterocycles. The number of carbonyl (C=O) groups excluding carboxylic acids is 1. The normalized spacial score (nSPS) is 25.0. The molecule has 1 amide bonds. The first kappa shape index (κ1) is 28.3. The second kappa shape index (κ2) is 11.7. The van der Waals surface area contributed by atoms with Crippen molar-refractivity contribution in [1.29, 1.82) is 0 Å². The number of hydrogen-bond donors (Lipinski definition) is 1. The van der Waals surface area contributed by atoms with Gasteiger partial charge in [0, 0.05) is 50.3 Å². The zero-order valence-corrected chi connectivity index (χ0v) is 24.3. The number of pyridine rings is 1. The molecule has 5 rings (SSSR count). The molecule has 3 aliphatic rings. The van der Waals surface area contributed by atoms with Gasteiger partial charge in [-0.2, -0.15) is 4.31 Å². The first-order chi connectivity index (χ1) is 18.6. The molecule has 2 bridgehead atoms. The quantitative estimate of drug-likeness (QED) is 0.477. The molecule has 3 aliphatic heterocycles. The molecule has 1 aromatic carbocycles. The van der Waals surface area contributed by atoms with Crippen LogP contribution in [0.5, 0.6) is 0 Å². The van der Waals surface area contributed by atoms with Crippen LogP contribution in [0.2, 0.25) is 0 Å². The topological polar surface area (TPSA) is 95.0 Å². The minimum Gasteiger partial charge on any atom is -0.349 e. The number of carbonyl (C=O) groups is 1. The third-order valence-corrected chi connectivity index (χ3v) is 10.2. The summed E-state index contributed by atoms with van der Waals surface area (Å²) in [4.78, 5) is 31.6. The van der Waals surface area contributed by atoms with Gasteiger partial charge in [0.15, 0.2) is 0 Å². The SMILES string of the molecule is CC(C)n1c(=O)c(C(=O)NC2C[C@H]3CC[C@@H](C2)N3CCCCN2CCN(S(C)(=O)=O)CC2)cc2ccccc21. The standard InChI is InChI=1S/C29H43N5O4S/c1-21(2)34-27-9-5-4-8-22(27)18-26(29(34)36)28(35)30-23-19-24-10-11-25(20-23)33(24)13-7-6-12-31-14-16-32(17-15-31)39(3,37)38/h4-5,8-9,18,21,23-25H,6-7,10-17,19-20H2,1-3H3,(H,30,35)/t23?,24-,25+. The highest BCUT2D eigenvalue weighted by molar-refractivity contribution is 7.88. The molecule has 0 spiro atoms. The number of aromatic nitrogens is 1.